The average molecular weight is 459 g/mol. The Balaban J connectivity index is 1.50. The monoisotopic (exact) mass is 458 g/mol. The van der Waals surface area contributed by atoms with Crippen molar-refractivity contribution in [3.63, 3.8) is 0 Å². The third kappa shape index (κ3) is 4.06. The maximum atomic E-state index is 12.3. The van der Waals surface area contributed by atoms with Gasteiger partial charge in [0, 0.05) is 5.69 Å². The lowest BCUT2D eigenvalue weighted by Gasteiger charge is -2.29. The first-order chi connectivity index (χ1) is 16.1. The quantitative estimate of drug-likeness (QED) is 0.385. The Morgan fingerprint density at radius 3 is 2.79 bits per heavy atom. The molecule has 0 unspecified atom stereocenters. The molecule has 1 amide bonds. The van der Waals surface area contributed by atoms with E-state index in [1.165, 1.54) is 12.4 Å². The maximum absolute atomic E-state index is 12.3. The number of benzene rings is 3. The molecule has 33 heavy (non-hydrogen) atoms. The third-order valence-corrected chi connectivity index (χ3v) is 5.49. The second-order valence-electron chi connectivity index (χ2n) is 7.26. The maximum Gasteiger partial charge on any atom is 0.250 e. The van der Waals surface area contributed by atoms with E-state index in [2.05, 4.69) is 21.9 Å². The summed E-state index contributed by atoms with van der Waals surface area (Å²) in [6.07, 6.45) is 2.77. The SMILES string of the molecule is C=CC(=O)N1CCOc2c1ccc1ncnc(Nc3ccc(Oc4ccccc4)c(Cl)c3)c21. The number of nitrogens with one attached hydrogen (secondary N) is 1. The van der Waals surface area contributed by atoms with Gasteiger partial charge in [-0.15, -0.1) is 0 Å². The van der Waals surface area contributed by atoms with Crippen molar-refractivity contribution in [2.75, 3.05) is 23.4 Å². The predicted molar refractivity (Wildman–Crippen MR) is 129 cm³/mol. The molecule has 8 heteroatoms. The largest absolute Gasteiger partial charge is 0.489 e. The van der Waals surface area contributed by atoms with E-state index in [4.69, 9.17) is 21.1 Å². The highest BCUT2D eigenvalue weighted by atomic mass is 35.5. The first-order valence-electron chi connectivity index (χ1n) is 10.3. The van der Waals surface area contributed by atoms with Gasteiger partial charge in [-0.05, 0) is 48.5 Å². The van der Waals surface area contributed by atoms with Gasteiger partial charge in [-0.2, -0.15) is 0 Å². The van der Waals surface area contributed by atoms with Crippen LogP contribution >= 0.6 is 11.6 Å². The zero-order chi connectivity index (χ0) is 22.8. The van der Waals surface area contributed by atoms with Crippen molar-refractivity contribution < 1.29 is 14.3 Å². The van der Waals surface area contributed by atoms with E-state index < -0.39 is 0 Å². The highest BCUT2D eigenvalue weighted by Crippen LogP contribution is 2.42. The van der Waals surface area contributed by atoms with E-state index in [0.29, 0.717) is 63.5 Å². The van der Waals surface area contributed by atoms with Gasteiger partial charge in [-0.1, -0.05) is 36.4 Å². The van der Waals surface area contributed by atoms with Gasteiger partial charge in [0.2, 0.25) is 0 Å². The molecule has 3 aromatic carbocycles. The summed E-state index contributed by atoms with van der Waals surface area (Å²) in [5.41, 5.74) is 2.06. The summed E-state index contributed by atoms with van der Waals surface area (Å²) in [5, 5.41) is 4.42. The molecule has 1 aliphatic heterocycles. The van der Waals surface area contributed by atoms with Crippen LogP contribution in [0.1, 0.15) is 0 Å². The average Bonchev–Trinajstić information content (AvgIpc) is 2.85. The summed E-state index contributed by atoms with van der Waals surface area (Å²) in [4.78, 5) is 22.7. The van der Waals surface area contributed by atoms with Crippen molar-refractivity contribution in [1.82, 2.24) is 9.97 Å². The summed E-state index contributed by atoms with van der Waals surface area (Å²) in [5.74, 6) is 2.14. The van der Waals surface area contributed by atoms with E-state index in [1.54, 1.807) is 17.0 Å². The van der Waals surface area contributed by atoms with E-state index >= 15 is 0 Å². The van der Waals surface area contributed by atoms with Gasteiger partial charge in [0.15, 0.2) is 5.75 Å². The standard InChI is InChI=1S/C25H19ClN4O3/c1-2-22(31)30-12-13-32-24-20(30)10-9-19-23(24)25(28-15-27-19)29-16-8-11-21(18(26)14-16)33-17-6-4-3-5-7-17/h2-11,14-15H,1,12-13H2,(H,27,28,29). The number of aromatic nitrogens is 2. The number of amides is 1. The minimum Gasteiger partial charge on any atom is -0.489 e. The van der Waals surface area contributed by atoms with Crippen LogP contribution in [0.2, 0.25) is 5.02 Å². The molecule has 164 valence electrons. The summed E-state index contributed by atoms with van der Waals surface area (Å²) in [6.45, 7) is 4.40. The van der Waals surface area contributed by atoms with Gasteiger partial charge in [0.25, 0.3) is 5.91 Å². The summed E-state index contributed by atoms with van der Waals surface area (Å²) in [6, 6.07) is 18.5. The smallest absolute Gasteiger partial charge is 0.250 e. The lowest BCUT2D eigenvalue weighted by molar-refractivity contribution is -0.114. The molecule has 0 atom stereocenters. The lowest BCUT2D eigenvalue weighted by Crippen LogP contribution is -2.36. The molecule has 5 rings (SSSR count). The molecule has 2 heterocycles. The third-order valence-electron chi connectivity index (χ3n) is 5.19. The fourth-order valence-electron chi connectivity index (χ4n) is 3.68. The van der Waals surface area contributed by atoms with Crippen LogP contribution in [0.4, 0.5) is 17.2 Å². The number of hydrogen-bond acceptors (Lipinski definition) is 6. The number of nitrogens with zero attached hydrogens (tertiary/aromatic N) is 3. The van der Waals surface area contributed by atoms with E-state index in [-0.39, 0.29) is 5.91 Å². The van der Waals surface area contributed by atoms with Gasteiger partial charge in [-0.3, -0.25) is 4.79 Å². The normalized spacial score (nSPS) is 12.6. The van der Waals surface area contributed by atoms with Crippen molar-refractivity contribution >= 4 is 45.6 Å². The molecule has 1 N–H and O–H groups in total. The second-order valence-corrected chi connectivity index (χ2v) is 7.67. The molecule has 1 aromatic heterocycles. The minimum atomic E-state index is -0.189. The van der Waals surface area contributed by atoms with E-state index in [0.717, 1.165) is 0 Å². The predicted octanol–water partition coefficient (Wildman–Crippen LogP) is 5.73. The van der Waals surface area contributed by atoms with E-state index in [1.807, 2.05) is 48.5 Å². The van der Waals surface area contributed by atoms with Crippen LogP contribution in [0, 0.1) is 0 Å². The number of ether oxygens (including phenoxy) is 2. The Kier molecular flexibility index (Phi) is 5.54. The molecule has 0 saturated heterocycles. The molecular formula is C25H19ClN4O3. The number of fused-ring (bicyclic) bond motifs is 3. The Hall–Kier alpha value is -4.10. The number of hydrogen-bond donors (Lipinski definition) is 1. The van der Waals surface area contributed by atoms with Crippen LogP contribution in [-0.4, -0.2) is 29.0 Å². The first kappa shape index (κ1) is 20.8. The van der Waals surface area contributed by atoms with Crippen LogP contribution in [0.3, 0.4) is 0 Å². The van der Waals surface area contributed by atoms with Crippen LogP contribution < -0.4 is 19.7 Å². The molecule has 7 nitrogen and oxygen atoms in total. The summed E-state index contributed by atoms with van der Waals surface area (Å²) >= 11 is 6.47. The van der Waals surface area contributed by atoms with Crippen molar-refractivity contribution in [3.05, 3.63) is 84.7 Å². The Morgan fingerprint density at radius 2 is 2.00 bits per heavy atom. The molecule has 0 aliphatic carbocycles. The highest BCUT2D eigenvalue weighted by molar-refractivity contribution is 6.32. The van der Waals surface area contributed by atoms with E-state index in [9.17, 15) is 4.79 Å². The number of rotatable bonds is 5. The first-order valence-corrected chi connectivity index (χ1v) is 10.7. The van der Waals surface area contributed by atoms with Crippen LogP contribution in [0.15, 0.2) is 79.6 Å². The topological polar surface area (TPSA) is 76.6 Å². The minimum absolute atomic E-state index is 0.189. The molecule has 0 fully saturated rings. The molecular weight excluding hydrogens is 440 g/mol. The number of carbonyl (C=O) groups is 1. The lowest BCUT2D eigenvalue weighted by atomic mass is 10.1. The molecule has 0 saturated carbocycles. The van der Waals surface area contributed by atoms with Gasteiger partial charge >= 0.3 is 0 Å². The van der Waals surface area contributed by atoms with Gasteiger partial charge < -0.3 is 19.7 Å². The number of anilines is 3. The zero-order valence-electron chi connectivity index (χ0n) is 17.5. The van der Waals surface area contributed by atoms with Crippen molar-refractivity contribution in [2.24, 2.45) is 0 Å². The Morgan fingerprint density at radius 1 is 1.15 bits per heavy atom. The number of para-hydroxylation sites is 1. The highest BCUT2D eigenvalue weighted by Gasteiger charge is 2.26. The summed E-state index contributed by atoms with van der Waals surface area (Å²) < 4.78 is 11.8. The molecule has 0 bridgehead atoms. The van der Waals surface area contributed by atoms with Gasteiger partial charge in [0.05, 0.1) is 28.2 Å². The molecule has 0 radical (unpaired) electrons. The second kappa shape index (κ2) is 8.80. The fourth-order valence-corrected chi connectivity index (χ4v) is 3.90. The number of halogens is 1. The van der Waals surface area contributed by atoms with Crippen molar-refractivity contribution in [2.45, 2.75) is 0 Å². The molecule has 0 spiro atoms. The zero-order valence-corrected chi connectivity index (χ0v) is 18.2. The van der Waals surface area contributed by atoms with Gasteiger partial charge in [0.1, 0.15) is 30.3 Å². The number of carbonyl (C=O) groups excluding carboxylic acids is 1. The molecule has 1 aliphatic rings. The van der Waals surface area contributed by atoms with Crippen molar-refractivity contribution in [3.8, 4) is 17.2 Å². The van der Waals surface area contributed by atoms with Crippen molar-refractivity contribution in [1.29, 1.82) is 0 Å². The summed E-state index contributed by atoms with van der Waals surface area (Å²) in [7, 11) is 0. The van der Waals surface area contributed by atoms with Gasteiger partial charge in [-0.25, -0.2) is 9.97 Å². The van der Waals surface area contributed by atoms with Crippen LogP contribution in [0.25, 0.3) is 10.9 Å². The molecule has 4 aromatic rings. The fraction of sp³-hybridized carbons (Fsp3) is 0.0800. The van der Waals surface area contributed by atoms with Crippen LogP contribution in [-0.2, 0) is 4.79 Å². The van der Waals surface area contributed by atoms with Crippen LogP contribution in [0.5, 0.6) is 17.2 Å². The Labute approximate surface area is 195 Å². The Bertz CT molecular complexity index is 1360.